The van der Waals surface area contributed by atoms with Gasteiger partial charge in [-0.1, -0.05) is 34.4 Å². The number of pyridine rings is 1. The number of halogens is 2. The second-order valence-corrected chi connectivity index (χ2v) is 7.39. The van der Waals surface area contributed by atoms with Gasteiger partial charge in [0.15, 0.2) is 5.75 Å². The summed E-state index contributed by atoms with van der Waals surface area (Å²) in [6, 6.07) is 5.17. The number of aromatic nitrogens is 4. The number of benzene rings is 1. The van der Waals surface area contributed by atoms with Gasteiger partial charge in [0.25, 0.3) is 0 Å². The molecule has 1 aromatic carbocycles. The lowest BCUT2D eigenvalue weighted by Gasteiger charge is -2.27. The molecule has 0 radical (unpaired) electrons. The molecule has 3 aromatic heterocycles. The van der Waals surface area contributed by atoms with Crippen LogP contribution in [0.3, 0.4) is 0 Å². The van der Waals surface area contributed by atoms with E-state index in [4.69, 9.17) is 32.5 Å². The van der Waals surface area contributed by atoms with E-state index in [9.17, 15) is 4.79 Å². The Labute approximate surface area is 168 Å². The summed E-state index contributed by atoms with van der Waals surface area (Å²) in [7, 11) is 0. The van der Waals surface area contributed by atoms with Gasteiger partial charge in [-0.05, 0) is 26.0 Å². The first-order chi connectivity index (χ1) is 13.5. The van der Waals surface area contributed by atoms with E-state index < -0.39 is 0 Å². The number of ether oxygens (including phenoxy) is 1. The van der Waals surface area contributed by atoms with E-state index in [0.717, 1.165) is 5.69 Å². The fourth-order valence-electron chi connectivity index (χ4n) is 3.80. The van der Waals surface area contributed by atoms with Crippen LogP contribution in [0.5, 0.6) is 5.75 Å². The number of nitrogens with one attached hydrogen (secondary N) is 1. The van der Waals surface area contributed by atoms with Crippen molar-refractivity contribution in [3.8, 4) is 16.9 Å². The predicted octanol–water partition coefficient (Wildman–Crippen LogP) is 4.29. The summed E-state index contributed by atoms with van der Waals surface area (Å²) in [5.41, 5.74) is 3.35. The molecule has 0 bridgehead atoms. The highest BCUT2D eigenvalue weighted by Gasteiger charge is 2.34. The van der Waals surface area contributed by atoms with Gasteiger partial charge in [-0.3, -0.25) is 9.55 Å². The number of rotatable bonds is 2. The number of hydrogen-bond donors (Lipinski definition) is 1. The van der Waals surface area contributed by atoms with Gasteiger partial charge in [0, 0.05) is 6.20 Å². The van der Waals surface area contributed by atoms with Gasteiger partial charge < -0.3 is 14.2 Å². The first-order valence-corrected chi connectivity index (χ1v) is 9.36. The van der Waals surface area contributed by atoms with Crippen LogP contribution in [-0.4, -0.2) is 26.3 Å². The monoisotopic (exact) mass is 416 g/mol. The molecule has 0 saturated heterocycles. The second kappa shape index (κ2) is 6.12. The van der Waals surface area contributed by atoms with Crippen LogP contribution < -0.4 is 10.4 Å². The van der Waals surface area contributed by atoms with Crippen LogP contribution in [-0.2, 0) is 0 Å². The van der Waals surface area contributed by atoms with E-state index in [0.29, 0.717) is 39.4 Å². The Morgan fingerprint density at radius 2 is 2.04 bits per heavy atom. The summed E-state index contributed by atoms with van der Waals surface area (Å²) in [4.78, 5) is 20.0. The highest BCUT2D eigenvalue weighted by Crippen LogP contribution is 2.50. The van der Waals surface area contributed by atoms with Crippen molar-refractivity contribution < 1.29 is 9.26 Å². The number of nitrogens with zero attached hydrogens (tertiary/aromatic N) is 3. The third-order valence-electron chi connectivity index (χ3n) is 5.01. The molecule has 0 amide bonds. The minimum atomic E-state index is -0.385. The topological polar surface area (TPSA) is 85.9 Å². The number of aromatic amines is 1. The predicted molar refractivity (Wildman–Crippen MR) is 105 cm³/mol. The third kappa shape index (κ3) is 2.26. The van der Waals surface area contributed by atoms with Crippen LogP contribution >= 0.6 is 23.2 Å². The average Bonchev–Trinajstić information content (AvgIpc) is 3.22. The third-order valence-corrected chi connectivity index (χ3v) is 5.86. The molecule has 0 saturated carbocycles. The van der Waals surface area contributed by atoms with Gasteiger partial charge >= 0.3 is 5.69 Å². The minimum Gasteiger partial charge on any atom is -0.488 e. The molecular formula is C19H14Cl2N4O3. The van der Waals surface area contributed by atoms with Gasteiger partial charge in [-0.15, -0.1) is 0 Å². The fourth-order valence-corrected chi connectivity index (χ4v) is 4.30. The minimum absolute atomic E-state index is 0.227. The Morgan fingerprint density at radius 3 is 2.71 bits per heavy atom. The van der Waals surface area contributed by atoms with Crippen LogP contribution in [0.15, 0.2) is 33.7 Å². The van der Waals surface area contributed by atoms with Gasteiger partial charge in [-0.25, -0.2) is 4.79 Å². The highest BCUT2D eigenvalue weighted by atomic mass is 35.5. The maximum Gasteiger partial charge on any atom is 0.327 e. The van der Waals surface area contributed by atoms with Crippen molar-refractivity contribution in [3.05, 3.63) is 62.1 Å². The Balaban J connectivity index is 1.89. The Morgan fingerprint density at radius 1 is 1.21 bits per heavy atom. The van der Waals surface area contributed by atoms with E-state index in [1.165, 1.54) is 0 Å². The maximum atomic E-state index is 12.8. The van der Waals surface area contributed by atoms with Crippen LogP contribution in [0.1, 0.15) is 23.2 Å². The lowest BCUT2D eigenvalue weighted by molar-refractivity contribution is 0.255. The van der Waals surface area contributed by atoms with Gasteiger partial charge in [0.1, 0.15) is 23.9 Å². The van der Waals surface area contributed by atoms with Crippen molar-refractivity contribution in [1.29, 1.82) is 0 Å². The summed E-state index contributed by atoms with van der Waals surface area (Å²) in [6.07, 6.45) is 1.68. The van der Waals surface area contributed by atoms with E-state index in [-0.39, 0.29) is 28.4 Å². The molecule has 7 nitrogen and oxygen atoms in total. The molecule has 9 heteroatoms. The zero-order valence-electron chi connectivity index (χ0n) is 14.9. The molecule has 0 fully saturated rings. The van der Waals surface area contributed by atoms with E-state index in [1.54, 1.807) is 17.7 Å². The SMILES string of the molecule is Cc1noc(C)c1-c1c(Cl)c(Cl)c2[nH]c(=O)n3c2c1OCC3c1ccccn1. The summed E-state index contributed by atoms with van der Waals surface area (Å²) in [5.74, 6) is 1.07. The molecule has 1 atom stereocenters. The largest absolute Gasteiger partial charge is 0.488 e. The lowest BCUT2D eigenvalue weighted by atomic mass is 10.0. The quantitative estimate of drug-likeness (QED) is 0.526. The van der Waals surface area contributed by atoms with E-state index in [1.807, 2.05) is 25.1 Å². The summed E-state index contributed by atoms with van der Waals surface area (Å²) in [6.45, 7) is 3.84. The van der Waals surface area contributed by atoms with E-state index >= 15 is 0 Å². The molecule has 4 heterocycles. The molecule has 142 valence electrons. The van der Waals surface area contributed by atoms with Crippen LogP contribution in [0.4, 0.5) is 0 Å². The number of aryl methyl sites for hydroxylation is 2. The summed E-state index contributed by atoms with van der Waals surface area (Å²) < 4.78 is 13.1. The maximum absolute atomic E-state index is 12.8. The molecule has 4 aromatic rings. The molecule has 0 spiro atoms. The molecule has 0 aliphatic carbocycles. The molecule has 1 aliphatic rings. The van der Waals surface area contributed by atoms with Gasteiger partial charge in [0.2, 0.25) is 0 Å². The molecule has 1 N–H and O–H groups in total. The Kier molecular flexibility index (Phi) is 3.79. The Bertz CT molecular complexity index is 1270. The van der Waals surface area contributed by atoms with Crippen molar-refractivity contribution >= 4 is 34.2 Å². The van der Waals surface area contributed by atoms with Crippen LogP contribution in [0, 0.1) is 13.8 Å². The number of imidazole rings is 1. The number of hydrogen-bond acceptors (Lipinski definition) is 5. The lowest BCUT2D eigenvalue weighted by Crippen LogP contribution is -2.31. The van der Waals surface area contributed by atoms with E-state index in [2.05, 4.69) is 15.1 Å². The zero-order chi connectivity index (χ0) is 19.6. The molecule has 5 rings (SSSR count). The molecular weight excluding hydrogens is 403 g/mol. The summed E-state index contributed by atoms with van der Waals surface area (Å²) >= 11 is 13.2. The zero-order valence-corrected chi connectivity index (χ0v) is 16.4. The molecule has 1 aliphatic heterocycles. The van der Waals surface area contributed by atoms with Crippen LogP contribution in [0.25, 0.3) is 22.2 Å². The first kappa shape index (κ1) is 17.3. The normalized spacial score (nSPS) is 15.8. The first-order valence-electron chi connectivity index (χ1n) is 8.61. The Hall–Kier alpha value is -2.77. The fraction of sp³-hybridized carbons (Fsp3) is 0.211. The standard InChI is InChI=1S/C19H14Cl2N4O3/c1-8-12(9(2)28-24-8)13-14(20)15(21)16-17-18(13)27-7-11(25(17)19(26)23-16)10-5-3-4-6-22-10/h3-6,11H,7H2,1-2H3,(H,23,26). The number of H-pyrrole nitrogens is 1. The summed E-state index contributed by atoms with van der Waals surface area (Å²) in [5, 5.41) is 4.54. The van der Waals surface area contributed by atoms with Crippen molar-refractivity contribution in [2.24, 2.45) is 0 Å². The smallest absolute Gasteiger partial charge is 0.327 e. The average molecular weight is 417 g/mol. The van der Waals surface area contributed by atoms with Crippen molar-refractivity contribution in [1.82, 2.24) is 19.7 Å². The van der Waals surface area contributed by atoms with Crippen LogP contribution in [0.2, 0.25) is 10.0 Å². The molecule has 28 heavy (non-hydrogen) atoms. The van der Waals surface area contributed by atoms with Crippen molar-refractivity contribution in [2.45, 2.75) is 19.9 Å². The highest BCUT2D eigenvalue weighted by molar-refractivity contribution is 6.47. The van der Waals surface area contributed by atoms with Gasteiger partial charge in [0.05, 0.1) is 38.1 Å². The molecule has 1 unspecified atom stereocenters. The second-order valence-electron chi connectivity index (χ2n) is 6.64. The van der Waals surface area contributed by atoms with Crippen molar-refractivity contribution in [3.63, 3.8) is 0 Å². The van der Waals surface area contributed by atoms with Crippen molar-refractivity contribution in [2.75, 3.05) is 6.61 Å². The van der Waals surface area contributed by atoms with Gasteiger partial charge in [-0.2, -0.15) is 0 Å².